The van der Waals surface area contributed by atoms with E-state index >= 15 is 0 Å². The highest BCUT2D eigenvalue weighted by molar-refractivity contribution is 5.92. The zero-order valence-electron chi connectivity index (χ0n) is 11.7. The van der Waals surface area contributed by atoms with Crippen molar-refractivity contribution < 1.29 is 14.7 Å². The van der Waals surface area contributed by atoms with Gasteiger partial charge in [0, 0.05) is 26.2 Å². The zero-order valence-corrected chi connectivity index (χ0v) is 11.7. The Morgan fingerprint density at radius 3 is 2.62 bits per heavy atom. The van der Waals surface area contributed by atoms with Crippen molar-refractivity contribution in [3.8, 4) is 0 Å². The molecule has 0 spiro atoms. The molecular weight excluding hydrogens is 272 g/mol. The van der Waals surface area contributed by atoms with Crippen LogP contribution in [-0.2, 0) is 4.79 Å². The molecule has 7 heteroatoms. The van der Waals surface area contributed by atoms with Crippen molar-refractivity contribution in [1.82, 2.24) is 14.9 Å². The average Bonchev–Trinajstić information content (AvgIpc) is 3.18. The van der Waals surface area contributed by atoms with E-state index < -0.39 is 5.97 Å². The fourth-order valence-corrected chi connectivity index (χ4v) is 2.86. The van der Waals surface area contributed by atoms with Gasteiger partial charge >= 0.3 is 5.97 Å². The van der Waals surface area contributed by atoms with E-state index in [0.717, 1.165) is 25.9 Å². The molecule has 0 aromatic carbocycles. The molecule has 112 valence electrons. The van der Waals surface area contributed by atoms with Crippen molar-refractivity contribution in [2.24, 2.45) is 5.92 Å². The third kappa shape index (κ3) is 2.81. The summed E-state index contributed by atoms with van der Waals surface area (Å²) in [6.45, 7) is 2.60. The first-order valence-corrected chi connectivity index (χ1v) is 7.24. The molecule has 0 bridgehead atoms. The molecule has 2 saturated heterocycles. The second-order valence-corrected chi connectivity index (χ2v) is 5.53. The Hall–Kier alpha value is -2.18. The lowest BCUT2D eigenvalue weighted by Gasteiger charge is -2.18. The van der Waals surface area contributed by atoms with Crippen LogP contribution in [0.25, 0.3) is 0 Å². The number of carboxylic acids is 1. The molecule has 2 aliphatic heterocycles. The van der Waals surface area contributed by atoms with Gasteiger partial charge in [-0.1, -0.05) is 0 Å². The summed E-state index contributed by atoms with van der Waals surface area (Å²) in [6, 6.07) is 0. The number of aliphatic carboxylic acids is 1. The van der Waals surface area contributed by atoms with Gasteiger partial charge in [0.2, 0.25) is 0 Å². The van der Waals surface area contributed by atoms with Crippen LogP contribution in [0, 0.1) is 5.92 Å². The van der Waals surface area contributed by atoms with Crippen molar-refractivity contribution >= 4 is 17.7 Å². The molecule has 0 aliphatic carbocycles. The van der Waals surface area contributed by atoms with Crippen LogP contribution < -0.4 is 4.90 Å². The molecule has 0 saturated carbocycles. The minimum absolute atomic E-state index is 0.0872. The number of anilines is 1. The number of carboxylic acid groups (broad SMARTS) is 1. The minimum atomic E-state index is -0.783. The summed E-state index contributed by atoms with van der Waals surface area (Å²) >= 11 is 0. The second-order valence-electron chi connectivity index (χ2n) is 5.53. The van der Waals surface area contributed by atoms with Crippen molar-refractivity contribution in [2.75, 3.05) is 31.1 Å². The molecule has 0 radical (unpaired) electrons. The molecule has 1 unspecified atom stereocenters. The van der Waals surface area contributed by atoms with E-state index in [2.05, 4.69) is 9.97 Å². The van der Waals surface area contributed by atoms with Gasteiger partial charge in [-0.05, 0) is 19.3 Å². The monoisotopic (exact) mass is 290 g/mol. The number of likely N-dealkylation sites (tertiary alicyclic amines) is 1. The minimum Gasteiger partial charge on any atom is -0.481 e. The molecular formula is C14H18N4O3. The van der Waals surface area contributed by atoms with E-state index in [-0.39, 0.29) is 11.8 Å². The van der Waals surface area contributed by atoms with Crippen molar-refractivity contribution in [3.63, 3.8) is 0 Å². The molecule has 21 heavy (non-hydrogen) atoms. The lowest BCUT2D eigenvalue weighted by molar-refractivity contribution is -0.140. The Bertz CT molecular complexity index is 557. The average molecular weight is 290 g/mol. The second kappa shape index (κ2) is 5.67. The van der Waals surface area contributed by atoms with E-state index in [1.807, 2.05) is 4.90 Å². The molecule has 1 aromatic heterocycles. The van der Waals surface area contributed by atoms with Gasteiger partial charge in [-0.2, -0.15) is 0 Å². The highest BCUT2D eigenvalue weighted by Crippen LogP contribution is 2.22. The molecule has 1 amide bonds. The van der Waals surface area contributed by atoms with Crippen LogP contribution in [0.1, 0.15) is 29.8 Å². The number of hydrogen-bond donors (Lipinski definition) is 1. The fraction of sp³-hybridized carbons (Fsp3) is 0.571. The fourth-order valence-electron chi connectivity index (χ4n) is 2.86. The first-order valence-electron chi connectivity index (χ1n) is 7.24. The smallest absolute Gasteiger partial charge is 0.308 e. The Balaban J connectivity index is 1.74. The SMILES string of the molecule is O=C(O)C1CCN(c2cncc(C(=O)N3CCCC3)n2)C1. The van der Waals surface area contributed by atoms with Gasteiger partial charge in [0.1, 0.15) is 11.5 Å². The Labute approximate surface area is 122 Å². The molecule has 2 aliphatic rings. The molecule has 7 nitrogen and oxygen atoms in total. The normalized spacial score (nSPS) is 21.8. The largest absolute Gasteiger partial charge is 0.481 e. The van der Waals surface area contributed by atoms with Crippen LogP contribution in [0.15, 0.2) is 12.4 Å². The third-order valence-corrected chi connectivity index (χ3v) is 4.10. The number of hydrogen-bond acceptors (Lipinski definition) is 5. The number of rotatable bonds is 3. The lowest BCUT2D eigenvalue weighted by Crippen LogP contribution is -2.29. The number of aromatic nitrogens is 2. The highest BCUT2D eigenvalue weighted by Gasteiger charge is 2.29. The number of nitrogens with zero attached hydrogens (tertiary/aromatic N) is 4. The number of carbonyl (C=O) groups is 2. The number of amides is 1. The van der Waals surface area contributed by atoms with E-state index in [9.17, 15) is 9.59 Å². The molecule has 1 N–H and O–H groups in total. The van der Waals surface area contributed by atoms with E-state index in [1.54, 1.807) is 11.1 Å². The van der Waals surface area contributed by atoms with Crippen molar-refractivity contribution in [1.29, 1.82) is 0 Å². The maximum Gasteiger partial charge on any atom is 0.308 e. The maximum atomic E-state index is 12.3. The third-order valence-electron chi connectivity index (χ3n) is 4.10. The quantitative estimate of drug-likeness (QED) is 0.878. The predicted molar refractivity (Wildman–Crippen MR) is 75.1 cm³/mol. The maximum absolute atomic E-state index is 12.3. The number of carbonyl (C=O) groups excluding carboxylic acids is 1. The van der Waals surface area contributed by atoms with Crippen LogP contribution in [0.3, 0.4) is 0 Å². The van der Waals surface area contributed by atoms with Crippen LogP contribution >= 0.6 is 0 Å². The predicted octanol–water partition coefficient (Wildman–Crippen LogP) is 0.623. The van der Waals surface area contributed by atoms with Gasteiger partial charge in [0.05, 0.1) is 18.3 Å². The molecule has 1 atom stereocenters. The van der Waals surface area contributed by atoms with Crippen LogP contribution in [-0.4, -0.2) is 58.0 Å². The summed E-state index contributed by atoms with van der Waals surface area (Å²) in [6.07, 6.45) is 5.73. The molecule has 3 rings (SSSR count). The van der Waals surface area contributed by atoms with Crippen LogP contribution in [0.4, 0.5) is 5.82 Å². The van der Waals surface area contributed by atoms with Gasteiger partial charge in [-0.3, -0.25) is 14.6 Å². The summed E-state index contributed by atoms with van der Waals surface area (Å²) in [7, 11) is 0. The molecule has 2 fully saturated rings. The van der Waals surface area contributed by atoms with Gasteiger partial charge < -0.3 is 14.9 Å². The van der Waals surface area contributed by atoms with E-state index in [0.29, 0.717) is 31.0 Å². The van der Waals surface area contributed by atoms with E-state index in [1.165, 1.54) is 6.20 Å². The summed E-state index contributed by atoms with van der Waals surface area (Å²) in [5.74, 6) is -0.654. The van der Waals surface area contributed by atoms with Gasteiger partial charge in [0.15, 0.2) is 0 Å². The van der Waals surface area contributed by atoms with Crippen LogP contribution in [0.2, 0.25) is 0 Å². The molecule has 3 heterocycles. The summed E-state index contributed by atoms with van der Waals surface area (Å²) in [5.41, 5.74) is 0.341. The van der Waals surface area contributed by atoms with Crippen LogP contribution in [0.5, 0.6) is 0 Å². The first-order chi connectivity index (χ1) is 10.1. The first kappa shape index (κ1) is 13.8. The van der Waals surface area contributed by atoms with Gasteiger partial charge in [-0.15, -0.1) is 0 Å². The van der Waals surface area contributed by atoms with Crippen molar-refractivity contribution in [2.45, 2.75) is 19.3 Å². The van der Waals surface area contributed by atoms with Gasteiger partial charge in [0.25, 0.3) is 5.91 Å². The lowest BCUT2D eigenvalue weighted by atomic mass is 10.1. The summed E-state index contributed by atoms with van der Waals surface area (Å²) in [4.78, 5) is 35.4. The Kier molecular flexibility index (Phi) is 3.72. The Morgan fingerprint density at radius 1 is 1.19 bits per heavy atom. The van der Waals surface area contributed by atoms with Gasteiger partial charge in [-0.25, -0.2) is 4.98 Å². The van der Waals surface area contributed by atoms with Crippen molar-refractivity contribution in [3.05, 3.63) is 18.1 Å². The molecule has 1 aromatic rings. The standard InChI is InChI=1S/C14H18N4O3/c19-13(17-4-1-2-5-17)11-7-15-8-12(16-11)18-6-3-10(9-18)14(20)21/h7-8,10H,1-6,9H2,(H,20,21). The summed E-state index contributed by atoms with van der Waals surface area (Å²) < 4.78 is 0. The van der Waals surface area contributed by atoms with E-state index in [4.69, 9.17) is 5.11 Å². The summed E-state index contributed by atoms with van der Waals surface area (Å²) in [5, 5.41) is 9.04. The zero-order chi connectivity index (χ0) is 14.8. The Morgan fingerprint density at radius 2 is 1.95 bits per heavy atom. The highest BCUT2D eigenvalue weighted by atomic mass is 16.4. The topological polar surface area (TPSA) is 86.6 Å².